The van der Waals surface area contributed by atoms with Crippen LogP contribution in [0.25, 0.3) is 0 Å². The summed E-state index contributed by atoms with van der Waals surface area (Å²) in [5.74, 6) is 1.50. The normalized spacial score (nSPS) is 25.7. The molecule has 1 fully saturated rings. The van der Waals surface area contributed by atoms with E-state index in [4.69, 9.17) is 5.73 Å². The van der Waals surface area contributed by atoms with Crippen molar-refractivity contribution in [1.82, 2.24) is 5.32 Å². The zero-order chi connectivity index (χ0) is 13.4. The summed E-state index contributed by atoms with van der Waals surface area (Å²) in [5.41, 5.74) is 5.58. The Morgan fingerprint density at radius 1 is 1.33 bits per heavy atom. The first-order chi connectivity index (χ1) is 8.67. The van der Waals surface area contributed by atoms with Crippen molar-refractivity contribution >= 4 is 5.91 Å². The van der Waals surface area contributed by atoms with E-state index in [-0.39, 0.29) is 5.91 Å². The Morgan fingerprint density at radius 2 is 2.06 bits per heavy atom. The van der Waals surface area contributed by atoms with Crippen LogP contribution in [0.3, 0.4) is 0 Å². The van der Waals surface area contributed by atoms with Gasteiger partial charge in [-0.2, -0.15) is 0 Å². The van der Waals surface area contributed by atoms with Crippen LogP contribution in [0.15, 0.2) is 0 Å². The van der Waals surface area contributed by atoms with Gasteiger partial charge >= 0.3 is 0 Å². The highest BCUT2D eigenvalue weighted by Crippen LogP contribution is 2.24. The van der Waals surface area contributed by atoms with Gasteiger partial charge in [-0.3, -0.25) is 4.79 Å². The van der Waals surface area contributed by atoms with Crippen molar-refractivity contribution in [2.75, 3.05) is 6.54 Å². The molecular weight excluding hydrogens is 224 g/mol. The maximum Gasteiger partial charge on any atom is 0.220 e. The lowest BCUT2D eigenvalue weighted by Gasteiger charge is -2.29. The summed E-state index contributed by atoms with van der Waals surface area (Å²) in [4.78, 5) is 11.9. The molecule has 3 atom stereocenters. The second kappa shape index (κ2) is 8.52. The monoisotopic (exact) mass is 254 g/mol. The number of carbonyl (C=O) groups is 1. The van der Waals surface area contributed by atoms with Gasteiger partial charge in [-0.25, -0.2) is 0 Å². The maximum atomic E-state index is 11.9. The molecule has 0 saturated heterocycles. The number of nitrogens with one attached hydrogen (secondary N) is 1. The number of hydrogen-bond donors (Lipinski definition) is 2. The molecule has 1 aliphatic carbocycles. The zero-order valence-electron chi connectivity index (χ0n) is 12.1. The molecule has 0 heterocycles. The Balaban J connectivity index is 2.23. The summed E-state index contributed by atoms with van der Waals surface area (Å²) in [6.45, 7) is 5.18. The lowest BCUT2D eigenvalue weighted by atomic mass is 9.86. The first kappa shape index (κ1) is 15.5. The molecule has 106 valence electrons. The summed E-state index contributed by atoms with van der Waals surface area (Å²) >= 11 is 0. The van der Waals surface area contributed by atoms with E-state index < -0.39 is 0 Å². The van der Waals surface area contributed by atoms with E-state index in [1.165, 1.54) is 19.3 Å². The van der Waals surface area contributed by atoms with Gasteiger partial charge in [0.25, 0.3) is 0 Å². The van der Waals surface area contributed by atoms with Crippen LogP contribution in [-0.2, 0) is 4.79 Å². The number of amides is 1. The molecule has 3 nitrogen and oxygen atoms in total. The van der Waals surface area contributed by atoms with Crippen LogP contribution in [0.5, 0.6) is 0 Å². The van der Waals surface area contributed by atoms with E-state index in [1.54, 1.807) is 0 Å². The minimum atomic E-state index is 0.240. The Labute approximate surface area is 112 Å². The second-order valence-corrected chi connectivity index (χ2v) is 5.83. The van der Waals surface area contributed by atoms with Crippen LogP contribution in [0, 0.1) is 11.8 Å². The summed E-state index contributed by atoms with van der Waals surface area (Å²) in [6.07, 6.45) is 8.83. The molecule has 0 aromatic heterocycles. The largest absolute Gasteiger partial charge is 0.353 e. The molecule has 3 N–H and O–H groups in total. The fourth-order valence-corrected chi connectivity index (χ4v) is 2.93. The Kier molecular flexibility index (Phi) is 7.33. The molecule has 0 bridgehead atoms. The third-order valence-electron chi connectivity index (χ3n) is 4.39. The first-order valence-electron chi connectivity index (χ1n) is 7.66. The van der Waals surface area contributed by atoms with Crippen molar-refractivity contribution in [2.45, 2.75) is 71.3 Å². The van der Waals surface area contributed by atoms with Gasteiger partial charge in [0.15, 0.2) is 0 Å². The van der Waals surface area contributed by atoms with Crippen molar-refractivity contribution in [3.8, 4) is 0 Å². The van der Waals surface area contributed by atoms with Crippen LogP contribution >= 0.6 is 0 Å². The molecule has 1 amide bonds. The molecule has 18 heavy (non-hydrogen) atoms. The van der Waals surface area contributed by atoms with E-state index in [2.05, 4.69) is 19.2 Å². The topological polar surface area (TPSA) is 55.1 Å². The molecular formula is C15H30N2O. The first-order valence-corrected chi connectivity index (χ1v) is 7.66. The van der Waals surface area contributed by atoms with Crippen LogP contribution in [0.4, 0.5) is 0 Å². The van der Waals surface area contributed by atoms with E-state index in [1.807, 2.05) is 0 Å². The van der Waals surface area contributed by atoms with E-state index in [9.17, 15) is 4.79 Å². The standard InChI is InChI=1S/C15H30N2O/c1-3-13(10-11-16)8-9-15(18)17-14-7-5-4-6-12(14)2/h12-14H,3-11,16H2,1-2H3,(H,17,18). The predicted octanol–water partition coefficient (Wildman–Crippen LogP) is 2.84. The highest BCUT2D eigenvalue weighted by Gasteiger charge is 2.22. The molecule has 1 saturated carbocycles. The van der Waals surface area contributed by atoms with E-state index in [0.717, 1.165) is 32.2 Å². The fraction of sp³-hybridized carbons (Fsp3) is 0.933. The zero-order valence-corrected chi connectivity index (χ0v) is 12.1. The van der Waals surface area contributed by atoms with Gasteiger partial charge in [-0.15, -0.1) is 0 Å². The predicted molar refractivity (Wildman–Crippen MR) is 76.2 cm³/mol. The number of hydrogen-bond acceptors (Lipinski definition) is 2. The van der Waals surface area contributed by atoms with Gasteiger partial charge in [0.2, 0.25) is 5.91 Å². The molecule has 3 heteroatoms. The van der Waals surface area contributed by atoms with Crippen molar-refractivity contribution in [1.29, 1.82) is 0 Å². The van der Waals surface area contributed by atoms with Gasteiger partial charge < -0.3 is 11.1 Å². The van der Waals surface area contributed by atoms with E-state index in [0.29, 0.717) is 24.3 Å². The van der Waals surface area contributed by atoms with Gasteiger partial charge in [0.1, 0.15) is 0 Å². The van der Waals surface area contributed by atoms with Crippen molar-refractivity contribution in [3.63, 3.8) is 0 Å². The summed E-state index contributed by atoms with van der Waals surface area (Å²) < 4.78 is 0. The van der Waals surface area contributed by atoms with Crippen LogP contribution in [-0.4, -0.2) is 18.5 Å². The summed E-state index contributed by atoms with van der Waals surface area (Å²) in [5, 5.41) is 3.22. The highest BCUT2D eigenvalue weighted by atomic mass is 16.1. The SMILES string of the molecule is CCC(CCN)CCC(=O)NC1CCCCC1C. The maximum absolute atomic E-state index is 11.9. The number of rotatable bonds is 7. The molecule has 0 spiro atoms. The number of carbonyl (C=O) groups excluding carboxylic acids is 1. The van der Waals surface area contributed by atoms with Crippen molar-refractivity contribution in [3.05, 3.63) is 0 Å². The quantitative estimate of drug-likeness (QED) is 0.734. The second-order valence-electron chi connectivity index (χ2n) is 5.83. The summed E-state index contributed by atoms with van der Waals surface area (Å²) in [6, 6.07) is 0.417. The smallest absolute Gasteiger partial charge is 0.220 e. The Bertz CT molecular complexity index is 243. The van der Waals surface area contributed by atoms with Gasteiger partial charge in [0, 0.05) is 12.5 Å². The van der Waals surface area contributed by atoms with Crippen molar-refractivity contribution < 1.29 is 4.79 Å². The fourth-order valence-electron chi connectivity index (χ4n) is 2.93. The average Bonchev–Trinajstić information content (AvgIpc) is 2.37. The Hall–Kier alpha value is -0.570. The molecule has 1 rings (SSSR count). The minimum Gasteiger partial charge on any atom is -0.353 e. The third-order valence-corrected chi connectivity index (χ3v) is 4.39. The van der Waals surface area contributed by atoms with Gasteiger partial charge in [-0.05, 0) is 44.1 Å². The Morgan fingerprint density at radius 3 is 2.67 bits per heavy atom. The van der Waals surface area contributed by atoms with Crippen LogP contribution in [0.1, 0.15) is 65.2 Å². The highest BCUT2D eigenvalue weighted by molar-refractivity contribution is 5.76. The molecule has 0 radical (unpaired) electrons. The van der Waals surface area contributed by atoms with Crippen molar-refractivity contribution in [2.24, 2.45) is 17.6 Å². The van der Waals surface area contributed by atoms with Crippen LogP contribution < -0.4 is 11.1 Å². The molecule has 0 aromatic carbocycles. The minimum absolute atomic E-state index is 0.240. The van der Waals surface area contributed by atoms with Gasteiger partial charge in [0.05, 0.1) is 0 Å². The molecule has 0 aliphatic heterocycles. The van der Waals surface area contributed by atoms with Crippen LogP contribution in [0.2, 0.25) is 0 Å². The molecule has 3 unspecified atom stereocenters. The third kappa shape index (κ3) is 5.38. The molecule has 1 aliphatic rings. The molecule has 0 aromatic rings. The number of nitrogens with two attached hydrogens (primary N) is 1. The van der Waals surface area contributed by atoms with E-state index >= 15 is 0 Å². The lowest BCUT2D eigenvalue weighted by molar-refractivity contribution is -0.122. The lowest BCUT2D eigenvalue weighted by Crippen LogP contribution is -2.41. The summed E-state index contributed by atoms with van der Waals surface area (Å²) in [7, 11) is 0. The average molecular weight is 254 g/mol. The van der Waals surface area contributed by atoms with Gasteiger partial charge in [-0.1, -0.05) is 33.1 Å².